The van der Waals surface area contributed by atoms with Gasteiger partial charge in [-0.1, -0.05) is 64.6 Å². The molecule has 0 aromatic heterocycles. The van der Waals surface area contributed by atoms with E-state index < -0.39 is 5.97 Å². The third-order valence-electron chi connectivity index (χ3n) is 20.0. The van der Waals surface area contributed by atoms with E-state index in [1.165, 1.54) is 52.6 Å². The number of allylic oxidation sites excluding steroid dienone is 4. The third kappa shape index (κ3) is 7.75. The molecule has 3 aromatic rings. The normalized spacial score (nSPS) is 35.1. The highest BCUT2D eigenvalue weighted by Crippen LogP contribution is 2.64. The quantitative estimate of drug-likeness (QED) is 0.176. The Kier molecular flexibility index (Phi) is 12.7. The van der Waals surface area contributed by atoms with Crippen molar-refractivity contribution in [2.75, 3.05) is 7.05 Å². The second-order valence-corrected chi connectivity index (χ2v) is 22.8. The molecule has 68 heavy (non-hydrogen) atoms. The highest BCUT2D eigenvalue weighted by Gasteiger charge is 2.56. The Labute approximate surface area is 404 Å². The van der Waals surface area contributed by atoms with Gasteiger partial charge in [-0.2, -0.15) is 0 Å². The van der Waals surface area contributed by atoms with Crippen LogP contribution in [0.3, 0.4) is 0 Å². The molecule has 0 saturated heterocycles. The van der Waals surface area contributed by atoms with E-state index in [0.29, 0.717) is 76.1 Å². The number of nitrogens with one attached hydrogen (secondary N) is 1. The number of carbonyl (C=O) groups excluding carboxylic acids is 2. The van der Waals surface area contributed by atoms with Crippen molar-refractivity contribution in [3.05, 3.63) is 123 Å². The van der Waals surface area contributed by atoms with E-state index in [1.54, 1.807) is 20.0 Å². The van der Waals surface area contributed by atoms with E-state index in [4.69, 9.17) is 0 Å². The van der Waals surface area contributed by atoms with E-state index in [0.717, 1.165) is 88.2 Å². The number of hydrogen-bond acceptors (Lipinski definition) is 6. The first kappa shape index (κ1) is 47.9. The molecule has 3 aromatic carbocycles. The van der Waals surface area contributed by atoms with Gasteiger partial charge in [0.25, 0.3) is 0 Å². The van der Waals surface area contributed by atoms with Gasteiger partial charge in [0.05, 0.1) is 0 Å². The number of phenols is 3. The Morgan fingerprint density at radius 1 is 0.529 bits per heavy atom. The summed E-state index contributed by atoms with van der Waals surface area (Å²) in [6, 6.07) is 17.6. The van der Waals surface area contributed by atoms with Crippen LogP contribution >= 0.6 is 0 Å². The smallest absolute Gasteiger partial charge is 0.331 e. The maximum atomic E-state index is 12.3. The molecule has 0 spiro atoms. The SMILES string of the molecule is C.CC(=O)C1=CCC2C3CCc4cc(O)ccc4C3CCC12C.CC12CCC3c4ccc(O)cc4CCC3C1CC=C2C(=O)O.CNC(=O)C1=CCC2C3CCc4cc(O)ccc4C3CCC12C. The minimum Gasteiger partial charge on any atom is -0.508 e. The van der Waals surface area contributed by atoms with Crippen molar-refractivity contribution in [2.24, 2.45) is 51.8 Å². The maximum absolute atomic E-state index is 12.3. The summed E-state index contributed by atoms with van der Waals surface area (Å²) in [7, 11) is 1.73. The number of amides is 1. The molecule has 12 rings (SSSR count). The molecule has 12 atom stereocenters. The van der Waals surface area contributed by atoms with Gasteiger partial charge in [-0.15, -0.1) is 0 Å². The van der Waals surface area contributed by atoms with Gasteiger partial charge in [0.2, 0.25) is 5.91 Å². The molecule has 1 amide bonds. The lowest BCUT2D eigenvalue weighted by Crippen LogP contribution is -2.43. The maximum Gasteiger partial charge on any atom is 0.331 e. The summed E-state index contributed by atoms with van der Waals surface area (Å²) in [6.45, 7) is 8.51. The fourth-order valence-corrected chi connectivity index (χ4v) is 16.8. The van der Waals surface area contributed by atoms with Crippen molar-refractivity contribution < 1.29 is 34.8 Å². The number of hydrogen-bond donors (Lipinski definition) is 5. The standard InChI is InChI=1S/C20H25NO2.C20H24O2.C19H22O3.CH4/c1-20-10-9-15-14-6-4-13(22)11-12(14)3-5-16(15)17(20)7-8-18(20)19(23)21-2;1-12(21)18-7-8-19-17-5-3-13-11-14(22)4-6-15(13)16(17)9-10-20(18,19)2;1-19-9-8-14-13-5-3-12(20)10-11(13)2-4-15(14)16(19)6-7-17(19)18(21)22;/h4,6,8,11,15-17,22H,3,5,7,9-10H2,1-2H3,(H,21,23);4,6-7,11,16-17,19,22H,3,5,8-10H2,1-2H3;3,5,7,10,14-16,20H,2,4,6,8-9H2,1H3,(H,21,22);1H4. The molecule has 9 aliphatic carbocycles. The number of ketones is 1. The molecule has 3 saturated carbocycles. The average molecular weight is 922 g/mol. The van der Waals surface area contributed by atoms with Gasteiger partial charge in [-0.3, -0.25) is 9.59 Å². The Bertz CT molecular complexity index is 2490. The minimum absolute atomic E-state index is 0. The Morgan fingerprint density at radius 2 is 0.868 bits per heavy atom. The second kappa shape index (κ2) is 18.0. The Balaban J connectivity index is 0.000000127. The molecule has 362 valence electrons. The van der Waals surface area contributed by atoms with Gasteiger partial charge in [-0.05, 0) is 237 Å². The molecule has 0 radical (unpaired) electrons. The van der Waals surface area contributed by atoms with E-state index in [-0.39, 0.29) is 35.4 Å². The van der Waals surface area contributed by atoms with Gasteiger partial charge < -0.3 is 25.7 Å². The van der Waals surface area contributed by atoms with E-state index in [2.05, 4.69) is 56.4 Å². The average Bonchev–Trinajstić information content (AvgIpc) is 3.98. The molecule has 0 bridgehead atoms. The number of benzene rings is 3. The summed E-state index contributed by atoms with van der Waals surface area (Å²) in [5, 5.41) is 41.5. The zero-order chi connectivity index (χ0) is 47.2. The number of fused-ring (bicyclic) bond motifs is 15. The monoisotopic (exact) mass is 922 g/mol. The number of aryl methyl sites for hydroxylation is 3. The minimum atomic E-state index is -0.732. The van der Waals surface area contributed by atoms with Gasteiger partial charge in [0.1, 0.15) is 17.2 Å². The topological polar surface area (TPSA) is 144 Å². The van der Waals surface area contributed by atoms with Crippen LogP contribution in [0.1, 0.15) is 163 Å². The number of carbonyl (C=O) groups is 3. The number of likely N-dealkylation sites (N-methyl/N-ethyl adjacent to an activating group) is 1. The van der Waals surface area contributed by atoms with Gasteiger partial charge in [-0.25, -0.2) is 4.79 Å². The van der Waals surface area contributed by atoms with Crippen LogP contribution in [0.5, 0.6) is 17.2 Å². The molecule has 8 heteroatoms. The van der Waals surface area contributed by atoms with E-state index >= 15 is 0 Å². The number of aliphatic carboxylic acids is 1. The van der Waals surface area contributed by atoms with Crippen LogP contribution in [-0.4, -0.2) is 45.1 Å². The van der Waals surface area contributed by atoms with E-state index in [1.807, 2.05) is 36.4 Å². The van der Waals surface area contributed by atoms with Crippen LogP contribution < -0.4 is 5.32 Å². The molecular weight excluding hydrogens is 847 g/mol. The molecule has 12 unspecified atom stereocenters. The van der Waals surface area contributed by atoms with Crippen LogP contribution in [0, 0.1) is 51.8 Å². The summed E-state index contributed by atoms with van der Waals surface area (Å²) in [4.78, 5) is 35.8. The van der Waals surface area contributed by atoms with Crippen LogP contribution in [0.4, 0.5) is 0 Å². The fraction of sp³-hybridized carbons (Fsp3) is 0.550. The third-order valence-corrected chi connectivity index (χ3v) is 20.0. The van der Waals surface area contributed by atoms with Crippen LogP contribution in [-0.2, 0) is 33.6 Å². The molecule has 9 aliphatic rings. The van der Waals surface area contributed by atoms with Crippen molar-refractivity contribution in [3.63, 3.8) is 0 Å². The molecule has 3 fully saturated rings. The summed E-state index contributed by atoms with van der Waals surface area (Å²) in [5.41, 5.74) is 11.0. The van der Waals surface area contributed by atoms with Crippen LogP contribution in [0.25, 0.3) is 0 Å². The summed E-state index contributed by atoms with van der Waals surface area (Å²) in [6.07, 6.45) is 22.5. The predicted molar refractivity (Wildman–Crippen MR) is 268 cm³/mol. The predicted octanol–water partition coefficient (Wildman–Crippen LogP) is 12.4. The number of rotatable bonds is 3. The Morgan fingerprint density at radius 3 is 1.22 bits per heavy atom. The lowest BCUT2D eigenvalue weighted by Gasteiger charge is -2.50. The number of Topliss-reactive ketones (excluding diaryl/α,β-unsaturated/α-hetero) is 1. The van der Waals surface area contributed by atoms with Gasteiger partial charge in [0, 0.05) is 29.0 Å². The first-order valence-corrected chi connectivity index (χ1v) is 25.6. The zero-order valence-corrected chi connectivity index (χ0v) is 40.2. The Hall–Kier alpha value is -5.11. The molecule has 8 nitrogen and oxygen atoms in total. The molecule has 5 N–H and O–H groups in total. The van der Waals surface area contributed by atoms with E-state index in [9.17, 15) is 34.8 Å². The lowest BCUT2D eigenvalue weighted by molar-refractivity contribution is -0.134. The van der Waals surface area contributed by atoms with Gasteiger partial charge in [0.15, 0.2) is 5.78 Å². The first-order valence-electron chi connectivity index (χ1n) is 25.6. The van der Waals surface area contributed by atoms with Crippen molar-refractivity contribution in [1.82, 2.24) is 5.32 Å². The van der Waals surface area contributed by atoms with Crippen molar-refractivity contribution in [2.45, 2.75) is 149 Å². The van der Waals surface area contributed by atoms with Crippen LogP contribution in [0.15, 0.2) is 89.5 Å². The lowest BCUT2D eigenvalue weighted by atomic mass is 9.54. The van der Waals surface area contributed by atoms with Crippen LogP contribution in [0.2, 0.25) is 0 Å². The van der Waals surface area contributed by atoms with Crippen molar-refractivity contribution in [1.29, 1.82) is 0 Å². The second-order valence-electron chi connectivity index (χ2n) is 22.8. The van der Waals surface area contributed by atoms with Crippen molar-refractivity contribution in [3.8, 4) is 17.2 Å². The molecular formula is C60H75NO7. The number of carboxylic acids is 1. The zero-order valence-electron chi connectivity index (χ0n) is 40.2. The first-order chi connectivity index (χ1) is 32.0. The number of carboxylic acid groups (broad SMARTS) is 1. The van der Waals surface area contributed by atoms with Gasteiger partial charge >= 0.3 is 5.97 Å². The molecule has 0 heterocycles. The largest absolute Gasteiger partial charge is 0.508 e. The fourth-order valence-electron chi connectivity index (χ4n) is 16.8. The summed E-state index contributed by atoms with van der Waals surface area (Å²) in [5.74, 6) is 6.07. The highest BCUT2D eigenvalue weighted by molar-refractivity contribution is 5.96. The highest BCUT2D eigenvalue weighted by atomic mass is 16.4. The summed E-state index contributed by atoms with van der Waals surface area (Å²) >= 11 is 0. The number of phenolic OH excluding ortho intramolecular Hbond substituents is 3. The number of aromatic hydroxyl groups is 3. The van der Waals surface area contributed by atoms with Crippen molar-refractivity contribution >= 4 is 17.7 Å². The molecule has 0 aliphatic heterocycles. The summed E-state index contributed by atoms with van der Waals surface area (Å²) < 4.78 is 0.